The van der Waals surface area contributed by atoms with Crippen LogP contribution in [0.25, 0.3) is 33.5 Å². The second kappa shape index (κ2) is 8.50. The molecule has 0 saturated carbocycles. The van der Waals surface area contributed by atoms with Gasteiger partial charge in [0.25, 0.3) is 5.56 Å². The molecule has 5 rings (SSSR count). The van der Waals surface area contributed by atoms with Crippen LogP contribution in [0.1, 0.15) is 25.2 Å². The van der Waals surface area contributed by atoms with Crippen molar-refractivity contribution in [3.05, 3.63) is 53.0 Å². The number of aryl methyl sites for hydroxylation is 1. The van der Waals surface area contributed by atoms with Crippen LogP contribution in [0.15, 0.2) is 41.6 Å². The summed E-state index contributed by atoms with van der Waals surface area (Å²) in [5.41, 5.74) is 3.16. The van der Waals surface area contributed by atoms with Crippen LogP contribution in [0.5, 0.6) is 11.5 Å². The van der Waals surface area contributed by atoms with E-state index >= 15 is 0 Å². The maximum atomic E-state index is 13.3. The van der Waals surface area contributed by atoms with Gasteiger partial charge in [0.2, 0.25) is 0 Å². The van der Waals surface area contributed by atoms with Crippen molar-refractivity contribution in [1.29, 1.82) is 0 Å². The summed E-state index contributed by atoms with van der Waals surface area (Å²) in [5, 5.41) is 8.06. The van der Waals surface area contributed by atoms with Crippen molar-refractivity contribution >= 4 is 27.8 Å². The number of fused-ring (bicyclic) bond motifs is 2. The Morgan fingerprint density at radius 2 is 1.82 bits per heavy atom. The van der Waals surface area contributed by atoms with E-state index in [1.54, 1.807) is 62.7 Å². The molecular formula is C23H24N8O3. The van der Waals surface area contributed by atoms with Crippen molar-refractivity contribution in [2.45, 2.75) is 19.4 Å². The quantitative estimate of drug-likeness (QED) is 0.337. The van der Waals surface area contributed by atoms with Crippen LogP contribution in [0.4, 0.5) is 5.69 Å². The molecule has 0 radical (unpaired) electrons. The molecule has 5 aromatic rings. The molecule has 11 heteroatoms. The number of anilines is 1. The number of methoxy groups -OCH3 is 2. The summed E-state index contributed by atoms with van der Waals surface area (Å²) in [7, 11) is 4.94. The molecule has 0 aliphatic carbocycles. The first-order valence-electron chi connectivity index (χ1n) is 10.8. The number of rotatable bonds is 7. The fourth-order valence-electron chi connectivity index (χ4n) is 4.02. The Morgan fingerprint density at radius 1 is 1.09 bits per heavy atom. The number of nitrogens with one attached hydrogen (secondary N) is 3. The molecule has 0 fully saturated rings. The molecular weight excluding hydrogens is 436 g/mol. The van der Waals surface area contributed by atoms with Gasteiger partial charge < -0.3 is 24.8 Å². The maximum absolute atomic E-state index is 13.3. The molecule has 3 N–H and O–H groups in total. The second-order valence-electron chi connectivity index (χ2n) is 7.79. The first-order chi connectivity index (χ1) is 16.5. The van der Waals surface area contributed by atoms with Gasteiger partial charge in [-0.3, -0.25) is 9.48 Å². The normalized spacial score (nSPS) is 12.2. The van der Waals surface area contributed by atoms with Crippen molar-refractivity contribution in [1.82, 2.24) is 34.7 Å². The SMILES string of the molecule is CC[C@@H](Nc1c(-c2nc3cc(OC)c(OC)cc3[nH]2)c(=O)[nH]c2cn(C)nc12)c1ncccn1. The average molecular weight is 460 g/mol. The lowest BCUT2D eigenvalue weighted by Crippen LogP contribution is -2.18. The van der Waals surface area contributed by atoms with Crippen LogP contribution in [0.2, 0.25) is 0 Å². The number of benzene rings is 1. The average Bonchev–Trinajstić information content (AvgIpc) is 3.43. The highest BCUT2D eigenvalue weighted by Gasteiger charge is 2.24. The number of ether oxygens (including phenoxy) is 2. The van der Waals surface area contributed by atoms with Crippen LogP contribution in [-0.2, 0) is 7.05 Å². The number of imidazole rings is 1. The molecule has 0 bridgehead atoms. The standard InChI is InChI=1S/C23H24N8O3/c1-5-12(21-24-7-6-8-25-21)26-20-18(23(32)29-15-11-31(2)30-19(15)20)22-27-13-9-16(33-3)17(34-4)10-14(13)28-22/h6-12,26H,5H2,1-4H3,(H,27,28)(H,29,32)/t12-/m1/s1. The molecule has 0 unspecified atom stereocenters. The molecule has 4 aromatic heterocycles. The molecule has 34 heavy (non-hydrogen) atoms. The van der Waals surface area contributed by atoms with E-state index in [1.807, 2.05) is 6.92 Å². The van der Waals surface area contributed by atoms with Crippen LogP contribution in [0, 0.1) is 0 Å². The molecule has 0 spiro atoms. The zero-order valence-corrected chi connectivity index (χ0v) is 19.2. The number of hydrogen-bond donors (Lipinski definition) is 3. The molecule has 0 aliphatic heterocycles. The van der Waals surface area contributed by atoms with Gasteiger partial charge in [0.15, 0.2) is 11.5 Å². The highest BCUT2D eigenvalue weighted by molar-refractivity contribution is 5.96. The minimum atomic E-state index is -0.301. The highest BCUT2D eigenvalue weighted by Crippen LogP contribution is 2.35. The third kappa shape index (κ3) is 3.60. The molecule has 174 valence electrons. The predicted octanol–water partition coefficient (Wildman–Crippen LogP) is 3.18. The molecule has 1 atom stereocenters. The van der Waals surface area contributed by atoms with E-state index in [9.17, 15) is 4.79 Å². The number of aromatic amines is 2. The molecule has 1 aromatic carbocycles. The number of H-pyrrole nitrogens is 2. The summed E-state index contributed by atoms with van der Waals surface area (Å²) in [5.74, 6) is 2.13. The molecule has 0 amide bonds. The first-order valence-corrected chi connectivity index (χ1v) is 10.8. The lowest BCUT2D eigenvalue weighted by Gasteiger charge is -2.18. The second-order valence-corrected chi connectivity index (χ2v) is 7.79. The fourth-order valence-corrected chi connectivity index (χ4v) is 4.02. The van der Waals surface area contributed by atoms with Gasteiger partial charge in [-0.1, -0.05) is 6.92 Å². The lowest BCUT2D eigenvalue weighted by atomic mass is 10.1. The van der Waals surface area contributed by atoms with Crippen molar-refractivity contribution in [2.75, 3.05) is 19.5 Å². The summed E-state index contributed by atoms with van der Waals surface area (Å²) >= 11 is 0. The fraction of sp³-hybridized carbons (Fsp3) is 0.261. The van der Waals surface area contributed by atoms with E-state index in [2.05, 4.69) is 30.4 Å². The van der Waals surface area contributed by atoms with Gasteiger partial charge in [-0.25, -0.2) is 15.0 Å². The minimum absolute atomic E-state index is 0.239. The van der Waals surface area contributed by atoms with Crippen molar-refractivity contribution in [2.24, 2.45) is 7.05 Å². The zero-order valence-electron chi connectivity index (χ0n) is 19.2. The van der Waals surface area contributed by atoms with Gasteiger partial charge in [0, 0.05) is 37.8 Å². The van der Waals surface area contributed by atoms with E-state index in [0.717, 1.165) is 0 Å². The van der Waals surface area contributed by atoms with Crippen molar-refractivity contribution in [3.63, 3.8) is 0 Å². The van der Waals surface area contributed by atoms with Gasteiger partial charge in [0.05, 0.1) is 42.5 Å². The summed E-state index contributed by atoms with van der Waals surface area (Å²) in [4.78, 5) is 33.0. The number of hydrogen-bond acceptors (Lipinski definition) is 8. The largest absolute Gasteiger partial charge is 0.493 e. The van der Waals surface area contributed by atoms with Gasteiger partial charge in [-0.15, -0.1) is 0 Å². The lowest BCUT2D eigenvalue weighted by molar-refractivity contribution is 0.356. The van der Waals surface area contributed by atoms with Gasteiger partial charge >= 0.3 is 0 Å². The Bertz CT molecular complexity index is 1500. The highest BCUT2D eigenvalue weighted by atomic mass is 16.5. The Labute approximate surface area is 194 Å². The first kappa shape index (κ1) is 21.4. The number of pyridine rings is 1. The van der Waals surface area contributed by atoms with E-state index in [4.69, 9.17) is 14.5 Å². The zero-order chi connectivity index (χ0) is 23.8. The molecule has 0 aliphatic rings. The third-order valence-corrected chi connectivity index (χ3v) is 5.64. The van der Waals surface area contributed by atoms with Gasteiger partial charge in [0.1, 0.15) is 22.7 Å². The summed E-state index contributed by atoms with van der Waals surface area (Å²) in [6.45, 7) is 2.02. The van der Waals surface area contributed by atoms with Crippen molar-refractivity contribution < 1.29 is 9.47 Å². The Balaban J connectivity index is 1.72. The van der Waals surface area contributed by atoms with Crippen LogP contribution in [-0.4, -0.2) is 48.9 Å². The minimum Gasteiger partial charge on any atom is -0.493 e. The van der Waals surface area contributed by atoms with E-state index in [-0.39, 0.29) is 11.6 Å². The van der Waals surface area contributed by atoms with Gasteiger partial charge in [-0.2, -0.15) is 5.10 Å². The number of nitrogens with zero attached hydrogens (tertiary/aromatic N) is 5. The molecule has 0 saturated heterocycles. The summed E-state index contributed by atoms with van der Waals surface area (Å²) in [6.07, 6.45) is 5.85. The molecule has 4 heterocycles. The van der Waals surface area contributed by atoms with E-state index in [1.165, 1.54) is 0 Å². The molecule has 11 nitrogen and oxygen atoms in total. The third-order valence-electron chi connectivity index (χ3n) is 5.64. The topological polar surface area (TPSA) is 136 Å². The summed E-state index contributed by atoms with van der Waals surface area (Å²) < 4.78 is 12.5. The number of aromatic nitrogens is 7. The Morgan fingerprint density at radius 3 is 2.53 bits per heavy atom. The van der Waals surface area contributed by atoms with E-state index in [0.29, 0.717) is 62.9 Å². The van der Waals surface area contributed by atoms with Crippen molar-refractivity contribution in [3.8, 4) is 22.9 Å². The Kier molecular flexibility index (Phi) is 5.36. The van der Waals surface area contributed by atoms with Crippen LogP contribution in [0.3, 0.4) is 0 Å². The van der Waals surface area contributed by atoms with Gasteiger partial charge in [-0.05, 0) is 12.5 Å². The Hall–Kier alpha value is -4.41. The van der Waals surface area contributed by atoms with E-state index < -0.39 is 0 Å². The smallest absolute Gasteiger partial charge is 0.261 e. The summed E-state index contributed by atoms with van der Waals surface area (Å²) in [6, 6.07) is 5.08. The predicted molar refractivity (Wildman–Crippen MR) is 128 cm³/mol. The van der Waals surface area contributed by atoms with Crippen LogP contribution >= 0.6 is 0 Å². The monoisotopic (exact) mass is 460 g/mol. The maximum Gasteiger partial charge on any atom is 0.261 e. The van der Waals surface area contributed by atoms with Crippen LogP contribution < -0.4 is 20.3 Å².